The summed E-state index contributed by atoms with van der Waals surface area (Å²) in [6, 6.07) is 0. The van der Waals surface area contributed by atoms with Gasteiger partial charge in [0.2, 0.25) is 11.8 Å². The number of amides is 2. The third-order valence-corrected chi connectivity index (χ3v) is 2.23. The fraction of sp³-hybridized carbons (Fsp3) is 0.700. The van der Waals surface area contributed by atoms with Crippen LogP contribution in [0.25, 0.3) is 0 Å². The Kier molecular flexibility index (Phi) is 4.42. The van der Waals surface area contributed by atoms with Crippen molar-refractivity contribution in [1.29, 1.82) is 0 Å². The highest BCUT2D eigenvalue weighted by molar-refractivity contribution is 5.99. The van der Waals surface area contributed by atoms with E-state index < -0.39 is 0 Å². The highest BCUT2D eigenvalue weighted by Crippen LogP contribution is 2.04. The summed E-state index contributed by atoms with van der Waals surface area (Å²) in [4.78, 5) is 35.1. The molecule has 6 nitrogen and oxygen atoms in total. The topological polar surface area (TPSA) is 75.7 Å². The molecule has 0 aliphatic carbocycles. The molecule has 1 fully saturated rings. The first-order chi connectivity index (χ1) is 7.52. The van der Waals surface area contributed by atoms with E-state index in [1.165, 1.54) is 0 Å². The van der Waals surface area contributed by atoms with Crippen molar-refractivity contribution in [3.63, 3.8) is 0 Å². The summed E-state index contributed by atoms with van der Waals surface area (Å²) in [5.74, 6) is -1.29. The molecule has 2 amide bonds. The van der Waals surface area contributed by atoms with Crippen molar-refractivity contribution in [3.8, 4) is 0 Å². The number of nitrogens with one attached hydrogen (secondary N) is 1. The lowest BCUT2D eigenvalue weighted by molar-refractivity contribution is -0.149. The summed E-state index contributed by atoms with van der Waals surface area (Å²) in [5.41, 5.74) is 0. The zero-order valence-electron chi connectivity index (χ0n) is 9.49. The molecule has 0 aromatic rings. The number of hydrogen-bond acceptors (Lipinski definition) is 5. The molecule has 0 aromatic carbocycles. The lowest BCUT2D eigenvalue weighted by Crippen LogP contribution is -2.52. The molecule has 0 radical (unpaired) electrons. The molecule has 1 aliphatic rings. The van der Waals surface area contributed by atoms with E-state index in [1.807, 2.05) is 0 Å². The molecule has 1 unspecified atom stereocenters. The second kappa shape index (κ2) is 5.60. The molecule has 1 N–H and O–H groups in total. The molecule has 1 aliphatic heterocycles. The van der Waals surface area contributed by atoms with Crippen LogP contribution in [0.1, 0.15) is 13.8 Å². The Bertz CT molecular complexity index is 287. The smallest absolute Gasteiger partial charge is 0.309 e. The van der Waals surface area contributed by atoms with Crippen molar-refractivity contribution in [2.75, 3.05) is 26.2 Å². The average Bonchev–Trinajstić information content (AvgIpc) is 2.16. The lowest BCUT2D eigenvalue weighted by atomic mass is 10.1. The minimum Gasteiger partial charge on any atom is -0.466 e. The number of carbonyl (C=O) groups is 3. The summed E-state index contributed by atoms with van der Waals surface area (Å²) in [5, 5.41) is 2.20. The fourth-order valence-electron chi connectivity index (χ4n) is 1.57. The highest BCUT2D eigenvalue weighted by Gasteiger charge is 2.25. The number of imide groups is 1. The Hall–Kier alpha value is -1.43. The van der Waals surface area contributed by atoms with Crippen molar-refractivity contribution in [1.82, 2.24) is 10.2 Å². The Labute approximate surface area is 93.9 Å². The quantitative estimate of drug-likeness (QED) is 0.501. The molecule has 90 valence electrons. The summed E-state index contributed by atoms with van der Waals surface area (Å²) in [6.45, 7) is 4.45. The van der Waals surface area contributed by atoms with E-state index in [0.717, 1.165) is 0 Å². The van der Waals surface area contributed by atoms with Gasteiger partial charge >= 0.3 is 5.97 Å². The number of esters is 1. The fourth-order valence-corrected chi connectivity index (χ4v) is 1.57. The van der Waals surface area contributed by atoms with Gasteiger partial charge in [0.05, 0.1) is 25.6 Å². The van der Waals surface area contributed by atoms with Crippen molar-refractivity contribution < 1.29 is 19.1 Å². The Morgan fingerprint density at radius 3 is 2.50 bits per heavy atom. The van der Waals surface area contributed by atoms with E-state index in [2.05, 4.69) is 5.32 Å². The number of carbonyl (C=O) groups excluding carboxylic acids is 3. The normalized spacial score (nSPS) is 19.1. The van der Waals surface area contributed by atoms with Crippen LogP contribution in [0.4, 0.5) is 0 Å². The zero-order valence-corrected chi connectivity index (χ0v) is 9.49. The van der Waals surface area contributed by atoms with E-state index in [4.69, 9.17) is 4.74 Å². The first kappa shape index (κ1) is 12.6. The standard InChI is InChI=1S/C10H16N2O4/c1-3-16-10(15)7(2)4-12-5-8(13)11-9(14)6-12/h7H,3-6H2,1-2H3,(H,11,13,14). The average molecular weight is 228 g/mol. The van der Waals surface area contributed by atoms with Gasteiger partial charge in [-0.25, -0.2) is 0 Å². The SMILES string of the molecule is CCOC(=O)C(C)CN1CC(=O)NC(=O)C1. The van der Waals surface area contributed by atoms with E-state index in [1.54, 1.807) is 18.7 Å². The molecule has 0 aromatic heterocycles. The van der Waals surface area contributed by atoms with Crippen LogP contribution in [0.5, 0.6) is 0 Å². The number of piperazine rings is 1. The summed E-state index contributed by atoms with van der Waals surface area (Å²) in [6.07, 6.45) is 0. The van der Waals surface area contributed by atoms with Crippen molar-refractivity contribution >= 4 is 17.8 Å². The van der Waals surface area contributed by atoms with E-state index >= 15 is 0 Å². The van der Waals surface area contributed by atoms with Crippen LogP contribution < -0.4 is 5.32 Å². The third-order valence-electron chi connectivity index (χ3n) is 2.23. The molecule has 1 saturated heterocycles. The van der Waals surface area contributed by atoms with Gasteiger partial charge in [-0.05, 0) is 6.92 Å². The molecule has 0 bridgehead atoms. The van der Waals surface area contributed by atoms with E-state index in [9.17, 15) is 14.4 Å². The van der Waals surface area contributed by atoms with Gasteiger partial charge in [-0.1, -0.05) is 6.92 Å². The van der Waals surface area contributed by atoms with Crippen LogP contribution in [0.2, 0.25) is 0 Å². The van der Waals surface area contributed by atoms with E-state index in [0.29, 0.717) is 13.2 Å². The van der Waals surface area contributed by atoms with E-state index in [-0.39, 0.29) is 36.8 Å². The predicted octanol–water partition coefficient (Wildman–Crippen LogP) is -0.856. The Balaban J connectivity index is 2.44. The van der Waals surface area contributed by atoms with Gasteiger partial charge in [0, 0.05) is 6.54 Å². The molecular formula is C10H16N2O4. The predicted molar refractivity (Wildman–Crippen MR) is 55.4 cm³/mol. The maximum Gasteiger partial charge on any atom is 0.309 e. The number of hydrogen-bond donors (Lipinski definition) is 1. The van der Waals surface area contributed by atoms with Crippen LogP contribution in [-0.4, -0.2) is 48.9 Å². The molecular weight excluding hydrogens is 212 g/mol. The molecule has 16 heavy (non-hydrogen) atoms. The van der Waals surface area contributed by atoms with Crippen LogP contribution in [0.15, 0.2) is 0 Å². The third kappa shape index (κ3) is 3.62. The lowest BCUT2D eigenvalue weighted by Gasteiger charge is -2.26. The van der Waals surface area contributed by atoms with Crippen LogP contribution in [0.3, 0.4) is 0 Å². The van der Waals surface area contributed by atoms with Gasteiger partial charge in [-0.3, -0.25) is 24.6 Å². The summed E-state index contributed by atoms with van der Waals surface area (Å²) < 4.78 is 4.85. The molecule has 1 rings (SSSR count). The molecule has 6 heteroatoms. The Morgan fingerprint density at radius 2 is 2.00 bits per heavy atom. The maximum absolute atomic E-state index is 11.3. The van der Waals surface area contributed by atoms with Gasteiger partial charge in [-0.2, -0.15) is 0 Å². The van der Waals surface area contributed by atoms with Crippen molar-refractivity contribution in [2.45, 2.75) is 13.8 Å². The van der Waals surface area contributed by atoms with Crippen LogP contribution in [0, 0.1) is 5.92 Å². The van der Waals surface area contributed by atoms with Crippen LogP contribution in [-0.2, 0) is 19.1 Å². The minimum atomic E-state index is -0.335. The van der Waals surface area contributed by atoms with Gasteiger partial charge in [0.1, 0.15) is 0 Å². The second-order valence-electron chi connectivity index (χ2n) is 3.79. The van der Waals surface area contributed by atoms with Crippen molar-refractivity contribution in [2.24, 2.45) is 5.92 Å². The molecule has 0 spiro atoms. The van der Waals surface area contributed by atoms with Gasteiger partial charge in [0.25, 0.3) is 0 Å². The monoisotopic (exact) mass is 228 g/mol. The Morgan fingerprint density at radius 1 is 1.44 bits per heavy atom. The number of rotatable bonds is 4. The first-order valence-corrected chi connectivity index (χ1v) is 5.24. The van der Waals surface area contributed by atoms with Crippen molar-refractivity contribution in [3.05, 3.63) is 0 Å². The maximum atomic E-state index is 11.3. The van der Waals surface area contributed by atoms with Gasteiger partial charge < -0.3 is 4.74 Å². The molecule has 1 heterocycles. The minimum absolute atomic E-state index is 0.148. The largest absolute Gasteiger partial charge is 0.466 e. The van der Waals surface area contributed by atoms with Gasteiger partial charge in [-0.15, -0.1) is 0 Å². The number of ether oxygens (including phenoxy) is 1. The van der Waals surface area contributed by atoms with Crippen LogP contribution >= 0.6 is 0 Å². The molecule has 0 saturated carbocycles. The first-order valence-electron chi connectivity index (χ1n) is 5.24. The number of nitrogens with zero attached hydrogens (tertiary/aromatic N) is 1. The highest BCUT2D eigenvalue weighted by atomic mass is 16.5. The molecule has 1 atom stereocenters. The second-order valence-corrected chi connectivity index (χ2v) is 3.79. The van der Waals surface area contributed by atoms with Gasteiger partial charge in [0.15, 0.2) is 0 Å². The zero-order chi connectivity index (χ0) is 12.1. The summed E-state index contributed by atoms with van der Waals surface area (Å²) in [7, 11) is 0. The summed E-state index contributed by atoms with van der Waals surface area (Å²) >= 11 is 0.